The third-order valence-corrected chi connectivity index (χ3v) is 3.56. The number of nitrogens with zero attached hydrogens (tertiary/aromatic N) is 3. The fourth-order valence-electron chi connectivity index (χ4n) is 2.35. The topological polar surface area (TPSA) is 63.5 Å². The molecular weight excluding hydrogens is 290 g/mol. The van der Waals surface area contributed by atoms with Crippen molar-refractivity contribution in [3.8, 4) is 5.75 Å². The minimum Gasteiger partial charge on any atom is -0.496 e. The second-order valence-corrected chi connectivity index (χ2v) is 5.29. The first-order valence-corrected chi connectivity index (χ1v) is 7.77. The Hall–Kier alpha value is -2.50. The predicted octanol–water partition coefficient (Wildman–Crippen LogP) is 1.73. The molecule has 0 saturated heterocycles. The SMILES string of the molecule is CN=C(NCCCc1cnn(C)c1)NCc1ccccc1OC. The van der Waals surface area contributed by atoms with Crippen LogP contribution in [-0.4, -0.2) is 36.4 Å². The molecule has 6 nitrogen and oxygen atoms in total. The van der Waals surface area contributed by atoms with Gasteiger partial charge in [-0.1, -0.05) is 18.2 Å². The molecule has 1 aromatic heterocycles. The molecule has 0 fully saturated rings. The number of methoxy groups -OCH3 is 1. The maximum absolute atomic E-state index is 5.35. The summed E-state index contributed by atoms with van der Waals surface area (Å²) in [5, 5.41) is 10.8. The molecule has 0 aliphatic rings. The van der Waals surface area contributed by atoms with E-state index in [0.717, 1.165) is 36.7 Å². The second-order valence-electron chi connectivity index (χ2n) is 5.29. The molecule has 124 valence electrons. The van der Waals surface area contributed by atoms with E-state index in [1.54, 1.807) is 14.2 Å². The molecule has 0 aliphatic carbocycles. The molecule has 1 aromatic carbocycles. The zero-order chi connectivity index (χ0) is 16.5. The quantitative estimate of drug-likeness (QED) is 0.464. The number of hydrogen-bond donors (Lipinski definition) is 2. The van der Waals surface area contributed by atoms with Crippen LogP contribution in [-0.2, 0) is 20.0 Å². The lowest BCUT2D eigenvalue weighted by atomic mass is 10.2. The zero-order valence-electron chi connectivity index (χ0n) is 14.0. The molecule has 1 heterocycles. The minimum atomic E-state index is 0.673. The van der Waals surface area contributed by atoms with Crippen molar-refractivity contribution in [2.24, 2.45) is 12.0 Å². The van der Waals surface area contributed by atoms with Gasteiger partial charge in [0.25, 0.3) is 0 Å². The summed E-state index contributed by atoms with van der Waals surface area (Å²) in [5.41, 5.74) is 2.36. The number of aryl methyl sites for hydroxylation is 2. The summed E-state index contributed by atoms with van der Waals surface area (Å²) in [5.74, 6) is 1.68. The molecular formula is C17H25N5O. The first-order chi connectivity index (χ1) is 11.2. The summed E-state index contributed by atoms with van der Waals surface area (Å²) in [7, 11) is 5.40. The second kappa shape index (κ2) is 8.82. The maximum Gasteiger partial charge on any atom is 0.191 e. The molecule has 0 spiro atoms. The summed E-state index contributed by atoms with van der Waals surface area (Å²) < 4.78 is 7.18. The lowest BCUT2D eigenvalue weighted by Gasteiger charge is -2.13. The Balaban J connectivity index is 1.73. The highest BCUT2D eigenvalue weighted by atomic mass is 16.5. The van der Waals surface area contributed by atoms with Gasteiger partial charge in [0.05, 0.1) is 13.3 Å². The smallest absolute Gasteiger partial charge is 0.191 e. The normalized spacial score (nSPS) is 11.3. The molecule has 6 heteroatoms. The molecule has 0 saturated carbocycles. The van der Waals surface area contributed by atoms with Gasteiger partial charge >= 0.3 is 0 Å². The number of ether oxygens (including phenoxy) is 1. The van der Waals surface area contributed by atoms with Crippen molar-refractivity contribution < 1.29 is 4.74 Å². The number of aliphatic imine (C=N–C) groups is 1. The summed E-state index contributed by atoms with van der Waals surface area (Å²) in [6.45, 7) is 1.53. The highest BCUT2D eigenvalue weighted by molar-refractivity contribution is 5.79. The molecule has 2 rings (SSSR count). The standard InChI is InChI=1S/C17H25N5O/c1-18-17(19-10-6-7-14-11-21-22(2)13-14)20-12-15-8-4-5-9-16(15)23-3/h4-5,8-9,11,13H,6-7,10,12H2,1-3H3,(H2,18,19,20). The van der Waals surface area contributed by atoms with Crippen molar-refractivity contribution in [3.63, 3.8) is 0 Å². The molecule has 2 aromatic rings. The van der Waals surface area contributed by atoms with Crippen molar-refractivity contribution in [3.05, 3.63) is 47.8 Å². The Kier molecular flexibility index (Phi) is 6.47. The van der Waals surface area contributed by atoms with Crippen molar-refractivity contribution in [1.29, 1.82) is 0 Å². The minimum absolute atomic E-state index is 0.673. The van der Waals surface area contributed by atoms with Crippen LogP contribution in [0.2, 0.25) is 0 Å². The van der Waals surface area contributed by atoms with Crippen LogP contribution in [0.5, 0.6) is 5.75 Å². The third-order valence-electron chi connectivity index (χ3n) is 3.56. The summed E-state index contributed by atoms with van der Waals surface area (Å²) in [6, 6.07) is 7.97. The van der Waals surface area contributed by atoms with Crippen LogP contribution in [0.4, 0.5) is 0 Å². The van der Waals surface area contributed by atoms with Gasteiger partial charge in [0.1, 0.15) is 5.75 Å². The van der Waals surface area contributed by atoms with E-state index in [9.17, 15) is 0 Å². The number of nitrogens with one attached hydrogen (secondary N) is 2. The highest BCUT2D eigenvalue weighted by Gasteiger charge is 2.03. The van der Waals surface area contributed by atoms with Gasteiger partial charge < -0.3 is 15.4 Å². The molecule has 2 N–H and O–H groups in total. The van der Waals surface area contributed by atoms with Gasteiger partial charge in [-0.2, -0.15) is 5.10 Å². The fourth-order valence-corrected chi connectivity index (χ4v) is 2.35. The van der Waals surface area contributed by atoms with Gasteiger partial charge in [0.15, 0.2) is 5.96 Å². The Bertz CT molecular complexity index is 635. The van der Waals surface area contributed by atoms with Gasteiger partial charge in [0, 0.05) is 38.9 Å². The lowest BCUT2D eigenvalue weighted by Crippen LogP contribution is -2.37. The van der Waals surface area contributed by atoms with E-state index in [4.69, 9.17) is 4.74 Å². The van der Waals surface area contributed by atoms with Gasteiger partial charge in [0.2, 0.25) is 0 Å². The number of para-hydroxylation sites is 1. The van der Waals surface area contributed by atoms with Crippen LogP contribution in [0.25, 0.3) is 0 Å². The Morgan fingerprint density at radius 3 is 2.83 bits per heavy atom. The predicted molar refractivity (Wildman–Crippen MR) is 92.7 cm³/mol. The van der Waals surface area contributed by atoms with E-state index in [2.05, 4.69) is 26.9 Å². The lowest BCUT2D eigenvalue weighted by molar-refractivity contribution is 0.409. The highest BCUT2D eigenvalue weighted by Crippen LogP contribution is 2.16. The third kappa shape index (κ3) is 5.32. The number of aromatic nitrogens is 2. The number of hydrogen-bond acceptors (Lipinski definition) is 3. The van der Waals surface area contributed by atoms with Crippen molar-refractivity contribution in [2.75, 3.05) is 20.7 Å². The first-order valence-electron chi connectivity index (χ1n) is 7.77. The van der Waals surface area contributed by atoms with E-state index < -0.39 is 0 Å². The largest absolute Gasteiger partial charge is 0.496 e. The van der Waals surface area contributed by atoms with Crippen LogP contribution in [0.1, 0.15) is 17.5 Å². The van der Waals surface area contributed by atoms with Gasteiger partial charge in [-0.25, -0.2) is 0 Å². The molecule has 0 bridgehead atoms. The van der Waals surface area contributed by atoms with E-state index >= 15 is 0 Å². The van der Waals surface area contributed by atoms with Crippen molar-refractivity contribution in [2.45, 2.75) is 19.4 Å². The number of guanidine groups is 1. The Labute approximate surface area is 137 Å². The molecule has 0 amide bonds. The molecule has 0 aliphatic heterocycles. The zero-order valence-corrected chi connectivity index (χ0v) is 14.0. The van der Waals surface area contributed by atoms with Crippen LogP contribution in [0.3, 0.4) is 0 Å². The molecule has 0 unspecified atom stereocenters. The monoisotopic (exact) mass is 315 g/mol. The number of benzene rings is 1. The average Bonchev–Trinajstić information content (AvgIpc) is 3.00. The van der Waals surface area contributed by atoms with Crippen molar-refractivity contribution >= 4 is 5.96 Å². The van der Waals surface area contributed by atoms with Crippen LogP contribution in [0.15, 0.2) is 41.7 Å². The van der Waals surface area contributed by atoms with Crippen molar-refractivity contribution in [1.82, 2.24) is 20.4 Å². The van der Waals surface area contributed by atoms with E-state index in [0.29, 0.717) is 6.54 Å². The van der Waals surface area contributed by atoms with Crippen LogP contribution in [0, 0.1) is 0 Å². The fraction of sp³-hybridized carbons (Fsp3) is 0.412. The Morgan fingerprint density at radius 1 is 1.30 bits per heavy atom. The molecule has 0 radical (unpaired) electrons. The Morgan fingerprint density at radius 2 is 2.13 bits per heavy atom. The van der Waals surface area contributed by atoms with E-state index in [-0.39, 0.29) is 0 Å². The van der Waals surface area contributed by atoms with E-state index in [1.807, 2.05) is 42.2 Å². The summed E-state index contributed by atoms with van der Waals surface area (Å²) >= 11 is 0. The molecule has 0 atom stereocenters. The van der Waals surface area contributed by atoms with Gasteiger partial charge in [-0.3, -0.25) is 9.67 Å². The van der Waals surface area contributed by atoms with Crippen LogP contribution < -0.4 is 15.4 Å². The molecule has 23 heavy (non-hydrogen) atoms. The van der Waals surface area contributed by atoms with E-state index in [1.165, 1.54) is 5.56 Å². The number of rotatable bonds is 7. The first kappa shape index (κ1) is 16.9. The maximum atomic E-state index is 5.35. The van der Waals surface area contributed by atoms with Gasteiger partial charge in [-0.05, 0) is 24.5 Å². The summed E-state index contributed by atoms with van der Waals surface area (Å²) in [6.07, 6.45) is 5.99. The average molecular weight is 315 g/mol. The van der Waals surface area contributed by atoms with Gasteiger partial charge in [-0.15, -0.1) is 0 Å². The summed E-state index contributed by atoms with van der Waals surface area (Å²) in [4.78, 5) is 4.24. The van der Waals surface area contributed by atoms with Crippen LogP contribution >= 0.6 is 0 Å².